The van der Waals surface area contributed by atoms with Crippen LogP contribution in [0.5, 0.6) is 5.75 Å². The zero-order valence-corrected chi connectivity index (χ0v) is 12.4. The van der Waals surface area contributed by atoms with Crippen molar-refractivity contribution in [2.24, 2.45) is 10.9 Å². The molecule has 4 N–H and O–H groups in total. The Balaban J connectivity index is 2.97. The predicted molar refractivity (Wildman–Crippen MR) is 77.6 cm³/mol. The summed E-state index contributed by atoms with van der Waals surface area (Å²) in [6.07, 6.45) is 0. The minimum atomic E-state index is -3.56. The van der Waals surface area contributed by atoms with Crippen LogP contribution in [-0.4, -0.2) is 30.8 Å². The molecule has 0 aliphatic rings. The molecule has 0 aromatic heterocycles. The number of benzene rings is 1. The van der Waals surface area contributed by atoms with Gasteiger partial charge in [0.15, 0.2) is 5.84 Å². The normalized spacial score (nSPS) is 13.1. The van der Waals surface area contributed by atoms with E-state index in [0.29, 0.717) is 11.4 Å². The zero-order chi connectivity index (χ0) is 15.4. The Labute approximate surface area is 118 Å². The molecule has 112 valence electrons. The van der Waals surface area contributed by atoms with Gasteiger partial charge in [0.1, 0.15) is 12.4 Å². The first kappa shape index (κ1) is 16.1. The van der Waals surface area contributed by atoms with Crippen molar-refractivity contribution in [3.8, 4) is 5.75 Å². The summed E-state index contributed by atoms with van der Waals surface area (Å²) in [6, 6.07) is 6.53. The molecule has 0 fully saturated rings. The van der Waals surface area contributed by atoms with Gasteiger partial charge in [-0.3, -0.25) is 4.72 Å². The molecule has 0 saturated carbocycles. The van der Waals surface area contributed by atoms with E-state index in [1.807, 2.05) is 0 Å². The molecule has 8 heteroatoms. The van der Waals surface area contributed by atoms with Gasteiger partial charge in [-0.15, -0.1) is 0 Å². The van der Waals surface area contributed by atoms with Gasteiger partial charge in [-0.25, -0.2) is 8.42 Å². The molecule has 0 amide bonds. The smallest absolute Gasteiger partial charge is 0.237 e. The highest BCUT2D eigenvalue weighted by Gasteiger charge is 2.29. The van der Waals surface area contributed by atoms with E-state index in [9.17, 15) is 8.42 Å². The van der Waals surface area contributed by atoms with Crippen LogP contribution in [0, 0.1) is 0 Å². The van der Waals surface area contributed by atoms with Crippen molar-refractivity contribution in [1.29, 1.82) is 0 Å². The number of oxime groups is 1. The predicted octanol–water partition coefficient (Wildman–Crippen LogP) is 1.35. The molecule has 0 aliphatic carbocycles. The third-order valence-electron chi connectivity index (χ3n) is 2.44. The van der Waals surface area contributed by atoms with Crippen LogP contribution in [0.4, 0.5) is 5.69 Å². The third-order valence-corrected chi connectivity index (χ3v) is 4.54. The van der Waals surface area contributed by atoms with Crippen molar-refractivity contribution in [2.45, 2.75) is 25.5 Å². The summed E-state index contributed by atoms with van der Waals surface area (Å²) in [5, 5.41) is 11.2. The number of nitrogens with two attached hydrogens (primary N) is 1. The van der Waals surface area contributed by atoms with Crippen LogP contribution < -0.4 is 15.2 Å². The number of amidine groups is 1. The van der Waals surface area contributed by atoms with Crippen LogP contribution in [0.1, 0.15) is 20.8 Å². The van der Waals surface area contributed by atoms with Crippen LogP contribution >= 0.6 is 0 Å². The van der Waals surface area contributed by atoms with Gasteiger partial charge < -0.3 is 15.7 Å². The minimum absolute atomic E-state index is 0.113. The maximum atomic E-state index is 12.1. The third kappa shape index (κ3) is 4.02. The number of nitrogens with one attached hydrogen (secondary N) is 1. The Hall–Kier alpha value is -1.96. The Bertz CT molecular complexity index is 591. The van der Waals surface area contributed by atoms with Crippen molar-refractivity contribution in [3.05, 3.63) is 24.3 Å². The van der Waals surface area contributed by atoms with Gasteiger partial charge in [-0.05, 0) is 32.9 Å². The summed E-state index contributed by atoms with van der Waals surface area (Å²) in [5.41, 5.74) is 5.60. The van der Waals surface area contributed by atoms with Gasteiger partial charge in [-0.1, -0.05) is 17.3 Å². The Morgan fingerprint density at radius 3 is 2.55 bits per heavy atom. The van der Waals surface area contributed by atoms with E-state index in [-0.39, 0.29) is 12.4 Å². The highest BCUT2D eigenvalue weighted by atomic mass is 32.2. The molecule has 1 aromatic carbocycles. The summed E-state index contributed by atoms with van der Waals surface area (Å²) in [6.45, 7) is 4.63. The second-order valence-electron chi connectivity index (χ2n) is 5.09. The first-order valence-electron chi connectivity index (χ1n) is 5.88. The molecule has 0 atom stereocenters. The second-order valence-corrected chi connectivity index (χ2v) is 7.53. The van der Waals surface area contributed by atoms with Crippen LogP contribution in [0.2, 0.25) is 0 Å². The number of hydrogen-bond acceptors (Lipinski definition) is 5. The van der Waals surface area contributed by atoms with Crippen molar-refractivity contribution in [3.63, 3.8) is 0 Å². The topological polar surface area (TPSA) is 114 Å². The molecule has 0 aliphatic heterocycles. The molecule has 1 rings (SSSR count). The average Bonchev–Trinajstić information content (AvgIpc) is 2.35. The number of anilines is 1. The van der Waals surface area contributed by atoms with Crippen molar-refractivity contribution in [2.75, 3.05) is 11.3 Å². The first-order chi connectivity index (χ1) is 9.17. The standard InChI is InChI=1S/C12H19N3O4S/c1-12(2,3)20(17,18)15-9-6-4-5-7-10(9)19-8-11(13)14-16/h4-7,15-16H,8H2,1-3H3,(H2,13,14). The van der Waals surface area contributed by atoms with Crippen LogP contribution in [-0.2, 0) is 10.0 Å². The lowest BCUT2D eigenvalue weighted by atomic mass is 10.3. The van der Waals surface area contributed by atoms with E-state index < -0.39 is 14.8 Å². The Morgan fingerprint density at radius 1 is 1.40 bits per heavy atom. The van der Waals surface area contributed by atoms with Crippen LogP contribution in [0.3, 0.4) is 0 Å². The largest absolute Gasteiger partial charge is 0.483 e. The zero-order valence-electron chi connectivity index (χ0n) is 11.6. The summed E-state index contributed by atoms with van der Waals surface area (Å²) in [5.74, 6) is 0.186. The molecule has 0 spiro atoms. The molecule has 7 nitrogen and oxygen atoms in total. The van der Waals surface area contributed by atoms with Gasteiger partial charge in [0.25, 0.3) is 0 Å². The highest BCUT2D eigenvalue weighted by molar-refractivity contribution is 7.94. The molecule has 0 radical (unpaired) electrons. The lowest BCUT2D eigenvalue weighted by Gasteiger charge is -2.21. The monoisotopic (exact) mass is 301 g/mol. The number of nitrogens with zero attached hydrogens (tertiary/aromatic N) is 1. The fourth-order valence-corrected chi connectivity index (χ4v) is 1.92. The fourth-order valence-electron chi connectivity index (χ4n) is 1.16. The SMILES string of the molecule is CC(C)(C)S(=O)(=O)Nc1ccccc1OCC(N)=NO. The summed E-state index contributed by atoms with van der Waals surface area (Å²) >= 11 is 0. The summed E-state index contributed by atoms with van der Waals surface area (Å²) in [4.78, 5) is 0. The molecule has 0 bridgehead atoms. The average molecular weight is 301 g/mol. The van der Waals surface area contributed by atoms with Gasteiger partial charge in [-0.2, -0.15) is 0 Å². The van der Waals surface area contributed by atoms with Crippen molar-refractivity contribution in [1.82, 2.24) is 0 Å². The molecule has 0 saturated heterocycles. The second kappa shape index (κ2) is 6.00. The van der Waals surface area contributed by atoms with Crippen molar-refractivity contribution >= 4 is 21.5 Å². The van der Waals surface area contributed by atoms with E-state index in [1.165, 1.54) is 0 Å². The number of sulfonamides is 1. The number of hydrogen-bond donors (Lipinski definition) is 3. The molecule has 20 heavy (non-hydrogen) atoms. The molecular weight excluding hydrogens is 282 g/mol. The van der Waals surface area contributed by atoms with Crippen LogP contribution in [0.25, 0.3) is 0 Å². The molecule has 0 heterocycles. The highest BCUT2D eigenvalue weighted by Crippen LogP contribution is 2.27. The quantitative estimate of drug-likeness (QED) is 0.329. The maximum Gasteiger partial charge on any atom is 0.237 e. The summed E-state index contributed by atoms with van der Waals surface area (Å²) in [7, 11) is -3.56. The van der Waals surface area contributed by atoms with Gasteiger partial charge in [0, 0.05) is 0 Å². The van der Waals surface area contributed by atoms with E-state index in [1.54, 1.807) is 45.0 Å². The minimum Gasteiger partial charge on any atom is -0.483 e. The molecule has 0 unspecified atom stereocenters. The Kier molecular flexibility index (Phi) is 4.83. The maximum absolute atomic E-state index is 12.1. The van der Waals surface area contributed by atoms with Gasteiger partial charge in [0.2, 0.25) is 10.0 Å². The molecule has 1 aromatic rings. The Morgan fingerprint density at radius 2 is 2.00 bits per heavy atom. The van der Waals surface area contributed by atoms with E-state index in [0.717, 1.165) is 0 Å². The first-order valence-corrected chi connectivity index (χ1v) is 7.36. The fraction of sp³-hybridized carbons (Fsp3) is 0.417. The van der Waals surface area contributed by atoms with E-state index >= 15 is 0 Å². The lowest BCUT2D eigenvalue weighted by molar-refractivity contribution is 0.306. The number of para-hydroxylation sites is 2. The van der Waals surface area contributed by atoms with Crippen LogP contribution in [0.15, 0.2) is 29.4 Å². The van der Waals surface area contributed by atoms with E-state index in [4.69, 9.17) is 15.7 Å². The number of rotatable bonds is 5. The van der Waals surface area contributed by atoms with Gasteiger partial charge >= 0.3 is 0 Å². The summed E-state index contributed by atoms with van der Waals surface area (Å²) < 4.78 is 31.1. The van der Waals surface area contributed by atoms with Crippen molar-refractivity contribution < 1.29 is 18.4 Å². The van der Waals surface area contributed by atoms with Gasteiger partial charge in [0.05, 0.1) is 10.4 Å². The molecular formula is C12H19N3O4S. The lowest BCUT2D eigenvalue weighted by Crippen LogP contribution is -2.33. The van der Waals surface area contributed by atoms with E-state index in [2.05, 4.69) is 9.88 Å². The number of ether oxygens (including phenoxy) is 1.